The van der Waals surface area contributed by atoms with Crippen molar-refractivity contribution in [1.82, 2.24) is 15.1 Å². The summed E-state index contributed by atoms with van der Waals surface area (Å²) >= 11 is 0. The predicted octanol–water partition coefficient (Wildman–Crippen LogP) is 1.62. The number of anilines is 1. The number of nitrogens with one attached hydrogen (secondary N) is 2. The molecule has 2 aromatic carbocycles. The van der Waals surface area contributed by atoms with Crippen LogP contribution in [0.2, 0.25) is 0 Å². The van der Waals surface area contributed by atoms with Gasteiger partial charge in [0.2, 0.25) is 11.8 Å². The molecule has 0 radical (unpaired) electrons. The van der Waals surface area contributed by atoms with Crippen molar-refractivity contribution in [3.05, 3.63) is 59.9 Å². The molecule has 2 aliphatic rings. The number of hydrogen-bond acceptors (Lipinski definition) is 4. The standard InChI is InChI=1S/C22H23FN4O4/c1-31-17-7-5-14(6-8-17)11-18-21(29)27-10-9-26(13-19(27)20(28)25-18)22(30)24-16-4-2-3-15(23)12-16/h2-8,12,18-19H,9-11,13H2,1H3,(H,24,30)(H,25,28)/t18-,19+/m0/s1. The van der Waals surface area contributed by atoms with Gasteiger partial charge in [0.15, 0.2) is 0 Å². The van der Waals surface area contributed by atoms with E-state index >= 15 is 0 Å². The van der Waals surface area contributed by atoms with Crippen LogP contribution in [0.1, 0.15) is 5.56 Å². The summed E-state index contributed by atoms with van der Waals surface area (Å²) in [6.45, 7) is 0.618. The minimum atomic E-state index is -0.744. The second-order valence-electron chi connectivity index (χ2n) is 7.55. The van der Waals surface area contributed by atoms with Crippen molar-refractivity contribution in [3.63, 3.8) is 0 Å². The fourth-order valence-electron chi connectivity index (χ4n) is 3.89. The van der Waals surface area contributed by atoms with Crippen LogP contribution in [-0.2, 0) is 16.0 Å². The molecule has 0 saturated carbocycles. The highest BCUT2D eigenvalue weighted by Crippen LogP contribution is 2.20. The lowest BCUT2D eigenvalue weighted by atomic mass is 9.98. The third-order valence-electron chi connectivity index (χ3n) is 5.54. The summed E-state index contributed by atoms with van der Waals surface area (Å²) in [5, 5.41) is 5.42. The van der Waals surface area contributed by atoms with E-state index in [9.17, 15) is 18.8 Å². The van der Waals surface area contributed by atoms with E-state index in [4.69, 9.17) is 4.74 Å². The largest absolute Gasteiger partial charge is 0.497 e. The second-order valence-corrected chi connectivity index (χ2v) is 7.55. The zero-order chi connectivity index (χ0) is 22.0. The maximum Gasteiger partial charge on any atom is 0.321 e. The second kappa shape index (κ2) is 8.63. The Bertz CT molecular complexity index is 997. The normalized spacial score (nSPS) is 20.7. The molecule has 2 aliphatic heterocycles. The minimum Gasteiger partial charge on any atom is -0.497 e. The summed E-state index contributed by atoms with van der Waals surface area (Å²) in [4.78, 5) is 41.2. The lowest BCUT2D eigenvalue weighted by molar-refractivity contribution is -0.152. The van der Waals surface area contributed by atoms with Gasteiger partial charge < -0.3 is 25.2 Å². The average Bonchev–Trinajstić information content (AvgIpc) is 2.77. The van der Waals surface area contributed by atoms with Crippen molar-refractivity contribution in [1.29, 1.82) is 0 Å². The van der Waals surface area contributed by atoms with Gasteiger partial charge in [-0.2, -0.15) is 0 Å². The molecule has 0 aliphatic carbocycles. The monoisotopic (exact) mass is 426 g/mol. The first-order valence-corrected chi connectivity index (χ1v) is 10.00. The number of urea groups is 1. The van der Waals surface area contributed by atoms with E-state index in [0.29, 0.717) is 12.1 Å². The Labute approximate surface area is 179 Å². The molecule has 4 amide bonds. The summed E-state index contributed by atoms with van der Waals surface area (Å²) in [7, 11) is 1.58. The van der Waals surface area contributed by atoms with Crippen LogP contribution in [0.5, 0.6) is 5.75 Å². The molecule has 2 atom stereocenters. The fraction of sp³-hybridized carbons (Fsp3) is 0.318. The van der Waals surface area contributed by atoms with E-state index in [2.05, 4.69) is 10.6 Å². The molecule has 2 fully saturated rings. The van der Waals surface area contributed by atoms with Gasteiger partial charge >= 0.3 is 6.03 Å². The van der Waals surface area contributed by atoms with E-state index in [1.165, 1.54) is 23.1 Å². The molecule has 9 heteroatoms. The van der Waals surface area contributed by atoms with Crippen LogP contribution in [0.25, 0.3) is 0 Å². The maximum absolute atomic E-state index is 13.3. The Morgan fingerprint density at radius 1 is 1.19 bits per heavy atom. The van der Waals surface area contributed by atoms with Gasteiger partial charge in [0.05, 0.1) is 13.7 Å². The van der Waals surface area contributed by atoms with Gasteiger partial charge in [0, 0.05) is 25.2 Å². The Balaban J connectivity index is 1.39. The Hall–Kier alpha value is -3.62. The van der Waals surface area contributed by atoms with Gasteiger partial charge in [0.1, 0.15) is 23.7 Å². The molecule has 0 aromatic heterocycles. The predicted molar refractivity (Wildman–Crippen MR) is 111 cm³/mol. The van der Waals surface area contributed by atoms with Gasteiger partial charge in [-0.3, -0.25) is 9.59 Å². The molecule has 0 bridgehead atoms. The van der Waals surface area contributed by atoms with Crippen molar-refractivity contribution < 1.29 is 23.5 Å². The molecular formula is C22H23FN4O4. The SMILES string of the molecule is COc1ccc(C[C@@H]2NC(=O)[C@H]3CN(C(=O)Nc4cccc(F)c4)CCN3C2=O)cc1. The lowest BCUT2D eigenvalue weighted by Crippen LogP contribution is -2.70. The van der Waals surface area contributed by atoms with Gasteiger partial charge in [-0.15, -0.1) is 0 Å². The summed E-state index contributed by atoms with van der Waals surface area (Å²) in [6, 6.07) is 11.1. The number of halogens is 1. The van der Waals surface area contributed by atoms with Crippen LogP contribution in [0.3, 0.4) is 0 Å². The third-order valence-corrected chi connectivity index (χ3v) is 5.54. The summed E-state index contributed by atoms with van der Waals surface area (Å²) in [5.41, 5.74) is 1.24. The number of rotatable bonds is 4. The number of fused-ring (bicyclic) bond motifs is 1. The lowest BCUT2D eigenvalue weighted by Gasteiger charge is -2.45. The van der Waals surface area contributed by atoms with E-state index < -0.39 is 23.9 Å². The number of hydrogen-bond donors (Lipinski definition) is 2. The van der Waals surface area contributed by atoms with Gasteiger partial charge in [-0.25, -0.2) is 9.18 Å². The molecule has 8 nitrogen and oxygen atoms in total. The van der Waals surface area contributed by atoms with E-state index in [-0.39, 0.29) is 31.4 Å². The topological polar surface area (TPSA) is 91.0 Å². The van der Waals surface area contributed by atoms with Gasteiger partial charge in [-0.1, -0.05) is 18.2 Å². The summed E-state index contributed by atoms with van der Waals surface area (Å²) < 4.78 is 18.5. The smallest absolute Gasteiger partial charge is 0.321 e. The van der Waals surface area contributed by atoms with Crippen molar-refractivity contribution in [2.75, 3.05) is 32.1 Å². The van der Waals surface area contributed by atoms with E-state index in [0.717, 1.165) is 11.3 Å². The summed E-state index contributed by atoms with van der Waals surface area (Å²) in [5.74, 6) is -0.190. The number of carbonyl (C=O) groups is 3. The number of benzene rings is 2. The molecule has 162 valence electrons. The van der Waals surface area contributed by atoms with Crippen LogP contribution in [0.15, 0.2) is 48.5 Å². The fourth-order valence-corrected chi connectivity index (χ4v) is 3.89. The Morgan fingerprint density at radius 2 is 1.97 bits per heavy atom. The first kappa shape index (κ1) is 20.6. The zero-order valence-corrected chi connectivity index (χ0v) is 17.0. The van der Waals surface area contributed by atoms with Crippen molar-refractivity contribution in [3.8, 4) is 5.75 Å². The van der Waals surface area contributed by atoms with Gasteiger partial charge in [0.25, 0.3) is 0 Å². The zero-order valence-electron chi connectivity index (χ0n) is 17.0. The van der Waals surface area contributed by atoms with Crippen LogP contribution in [-0.4, -0.2) is 66.5 Å². The first-order valence-electron chi connectivity index (χ1n) is 10.00. The maximum atomic E-state index is 13.3. The van der Waals surface area contributed by atoms with E-state index in [1.54, 1.807) is 18.1 Å². The molecule has 2 aromatic rings. The van der Waals surface area contributed by atoms with Crippen LogP contribution in [0, 0.1) is 5.82 Å². The van der Waals surface area contributed by atoms with Crippen LogP contribution >= 0.6 is 0 Å². The number of nitrogens with zero attached hydrogens (tertiary/aromatic N) is 2. The van der Waals surface area contributed by atoms with Crippen LogP contribution in [0.4, 0.5) is 14.9 Å². The number of methoxy groups -OCH3 is 1. The number of amides is 4. The number of ether oxygens (including phenoxy) is 1. The van der Waals surface area contributed by atoms with E-state index in [1.807, 2.05) is 24.3 Å². The summed E-state index contributed by atoms with van der Waals surface area (Å²) in [6.07, 6.45) is 0.377. The highest BCUT2D eigenvalue weighted by Gasteiger charge is 2.44. The highest BCUT2D eigenvalue weighted by molar-refractivity contribution is 5.98. The van der Waals surface area contributed by atoms with Crippen LogP contribution < -0.4 is 15.4 Å². The molecule has 0 spiro atoms. The number of carbonyl (C=O) groups excluding carboxylic acids is 3. The molecule has 0 unspecified atom stereocenters. The van der Waals surface area contributed by atoms with Crippen molar-refractivity contribution in [2.24, 2.45) is 0 Å². The molecule has 31 heavy (non-hydrogen) atoms. The molecule has 2 saturated heterocycles. The van der Waals surface area contributed by atoms with Gasteiger partial charge in [-0.05, 0) is 35.9 Å². The third kappa shape index (κ3) is 4.45. The Morgan fingerprint density at radius 3 is 2.68 bits per heavy atom. The van der Waals surface area contributed by atoms with Crippen molar-refractivity contribution in [2.45, 2.75) is 18.5 Å². The molecule has 2 N–H and O–H groups in total. The Kier molecular flexibility index (Phi) is 5.75. The molecular weight excluding hydrogens is 403 g/mol. The highest BCUT2D eigenvalue weighted by atomic mass is 19.1. The quantitative estimate of drug-likeness (QED) is 0.778. The molecule has 4 rings (SSSR count). The minimum absolute atomic E-state index is 0.0774. The first-order chi connectivity index (χ1) is 14.9. The average molecular weight is 426 g/mol. The number of piperazine rings is 2. The van der Waals surface area contributed by atoms with Crippen molar-refractivity contribution >= 4 is 23.5 Å². The molecule has 2 heterocycles.